The average Bonchev–Trinajstić information content (AvgIpc) is 3.14. The van der Waals surface area contributed by atoms with Crippen LogP contribution in [0.1, 0.15) is 35.8 Å². The van der Waals surface area contributed by atoms with E-state index >= 15 is 0 Å². The van der Waals surface area contributed by atoms with E-state index in [1.807, 2.05) is 0 Å². The lowest BCUT2D eigenvalue weighted by Gasteiger charge is -2.31. The fourth-order valence-corrected chi connectivity index (χ4v) is 3.21. The van der Waals surface area contributed by atoms with Gasteiger partial charge in [-0.1, -0.05) is 22.9 Å². The summed E-state index contributed by atoms with van der Waals surface area (Å²) in [6.45, 7) is 3.44. The standard InChI is InChI=1S/C18H21ClFN5O3/c1-2-28-18(27)24-7-5-14(6-8-24)21-17(26)16-11-25(23-22-16)10-12-3-4-13(20)9-15(12)19/h3-4,9,11,14H,2,5-8,10H2,1H3,(H,21,26). The SMILES string of the molecule is CCOC(=O)N1CCC(NC(=O)c2cn(Cc3ccc(F)cc3Cl)nn2)CC1. The van der Waals surface area contributed by atoms with Crippen molar-refractivity contribution in [3.05, 3.63) is 46.5 Å². The molecular formula is C18H21ClFN5O3. The summed E-state index contributed by atoms with van der Waals surface area (Å²) in [4.78, 5) is 25.7. The van der Waals surface area contributed by atoms with Crippen LogP contribution in [0.15, 0.2) is 24.4 Å². The Balaban J connectivity index is 1.53. The summed E-state index contributed by atoms with van der Waals surface area (Å²) in [5.74, 6) is -0.743. The number of benzene rings is 1. The van der Waals surface area contributed by atoms with Crippen molar-refractivity contribution in [2.45, 2.75) is 32.4 Å². The smallest absolute Gasteiger partial charge is 0.409 e. The fourth-order valence-electron chi connectivity index (χ4n) is 2.98. The van der Waals surface area contributed by atoms with Crippen molar-refractivity contribution >= 4 is 23.6 Å². The Morgan fingerprint density at radius 2 is 2.11 bits per heavy atom. The summed E-state index contributed by atoms with van der Waals surface area (Å²) in [5.41, 5.74) is 0.859. The number of carbonyl (C=O) groups excluding carboxylic acids is 2. The number of carbonyl (C=O) groups is 2. The van der Waals surface area contributed by atoms with Crippen LogP contribution in [0.25, 0.3) is 0 Å². The second kappa shape index (κ2) is 9.01. The Morgan fingerprint density at radius 1 is 1.36 bits per heavy atom. The van der Waals surface area contributed by atoms with E-state index in [2.05, 4.69) is 15.6 Å². The Hall–Kier alpha value is -2.68. The minimum Gasteiger partial charge on any atom is -0.450 e. The Bertz CT molecular complexity index is 851. The number of hydrogen-bond acceptors (Lipinski definition) is 5. The minimum atomic E-state index is -0.415. The molecule has 0 atom stereocenters. The fraction of sp³-hybridized carbons (Fsp3) is 0.444. The van der Waals surface area contributed by atoms with E-state index in [0.29, 0.717) is 38.1 Å². The summed E-state index contributed by atoms with van der Waals surface area (Å²) in [6, 6.07) is 4.06. The third-order valence-corrected chi connectivity index (χ3v) is 4.83. The van der Waals surface area contributed by atoms with Crippen molar-refractivity contribution in [1.82, 2.24) is 25.2 Å². The Morgan fingerprint density at radius 3 is 2.79 bits per heavy atom. The average molecular weight is 410 g/mol. The van der Waals surface area contributed by atoms with Gasteiger partial charge in [0.15, 0.2) is 5.69 Å². The van der Waals surface area contributed by atoms with Crippen LogP contribution >= 0.6 is 11.6 Å². The molecule has 0 spiro atoms. The molecule has 1 N–H and O–H groups in total. The molecule has 2 heterocycles. The van der Waals surface area contributed by atoms with Gasteiger partial charge in [0.05, 0.1) is 19.3 Å². The molecule has 2 amide bonds. The largest absolute Gasteiger partial charge is 0.450 e. The number of likely N-dealkylation sites (tertiary alicyclic amines) is 1. The van der Waals surface area contributed by atoms with Crippen LogP contribution in [0, 0.1) is 5.82 Å². The number of aromatic nitrogens is 3. The zero-order valence-corrected chi connectivity index (χ0v) is 16.2. The number of rotatable bonds is 5. The van der Waals surface area contributed by atoms with E-state index in [1.165, 1.54) is 23.0 Å². The first-order valence-electron chi connectivity index (χ1n) is 9.03. The van der Waals surface area contributed by atoms with Crippen molar-refractivity contribution in [2.75, 3.05) is 19.7 Å². The number of amides is 2. The van der Waals surface area contributed by atoms with Gasteiger partial charge in [-0.15, -0.1) is 5.10 Å². The highest BCUT2D eigenvalue weighted by atomic mass is 35.5. The maximum atomic E-state index is 13.1. The highest BCUT2D eigenvalue weighted by molar-refractivity contribution is 6.31. The Kier molecular flexibility index (Phi) is 6.45. The number of piperidine rings is 1. The van der Waals surface area contributed by atoms with Gasteiger partial charge < -0.3 is 15.0 Å². The van der Waals surface area contributed by atoms with Gasteiger partial charge in [-0.25, -0.2) is 13.9 Å². The van der Waals surface area contributed by atoms with Gasteiger partial charge in [-0.2, -0.15) is 0 Å². The van der Waals surface area contributed by atoms with Crippen LogP contribution < -0.4 is 5.32 Å². The van der Waals surface area contributed by atoms with Crippen LogP contribution in [0.2, 0.25) is 5.02 Å². The second-order valence-electron chi connectivity index (χ2n) is 6.47. The maximum absolute atomic E-state index is 13.1. The van der Waals surface area contributed by atoms with Gasteiger partial charge in [-0.3, -0.25) is 4.79 Å². The monoisotopic (exact) mass is 409 g/mol. The zero-order chi connectivity index (χ0) is 20.1. The molecule has 8 nitrogen and oxygen atoms in total. The normalized spacial score (nSPS) is 14.8. The molecule has 2 aromatic rings. The summed E-state index contributed by atoms with van der Waals surface area (Å²) in [5, 5.41) is 11.0. The van der Waals surface area contributed by atoms with Gasteiger partial charge in [0.25, 0.3) is 5.91 Å². The molecule has 0 radical (unpaired) electrons. The zero-order valence-electron chi connectivity index (χ0n) is 15.4. The number of ether oxygens (including phenoxy) is 1. The topological polar surface area (TPSA) is 89.4 Å². The quantitative estimate of drug-likeness (QED) is 0.819. The number of nitrogens with zero attached hydrogens (tertiary/aromatic N) is 4. The van der Waals surface area contributed by atoms with E-state index in [0.717, 1.165) is 0 Å². The molecule has 0 unspecified atom stereocenters. The summed E-state index contributed by atoms with van der Waals surface area (Å²) >= 11 is 6.01. The molecule has 150 valence electrons. The summed E-state index contributed by atoms with van der Waals surface area (Å²) < 4.78 is 19.6. The lowest BCUT2D eigenvalue weighted by atomic mass is 10.1. The molecule has 10 heteroatoms. The van der Waals surface area contributed by atoms with Crippen LogP contribution in [0.5, 0.6) is 0 Å². The first kappa shape index (κ1) is 20.1. The first-order valence-corrected chi connectivity index (χ1v) is 9.40. The molecular weight excluding hydrogens is 389 g/mol. The molecule has 3 rings (SSSR count). The van der Waals surface area contributed by atoms with Gasteiger partial charge >= 0.3 is 6.09 Å². The van der Waals surface area contributed by atoms with Gasteiger partial charge in [0.2, 0.25) is 0 Å². The van der Waals surface area contributed by atoms with Gasteiger partial charge in [0, 0.05) is 24.2 Å². The summed E-state index contributed by atoms with van der Waals surface area (Å²) in [7, 11) is 0. The van der Waals surface area contributed by atoms with Crippen molar-refractivity contribution in [1.29, 1.82) is 0 Å². The number of nitrogens with one attached hydrogen (secondary N) is 1. The molecule has 1 aromatic carbocycles. The highest BCUT2D eigenvalue weighted by Gasteiger charge is 2.25. The Labute approximate surface area is 166 Å². The van der Waals surface area contributed by atoms with Crippen molar-refractivity contribution in [2.24, 2.45) is 0 Å². The lowest BCUT2D eigenvalue weighted by Crippen LogP contribution is -2.46. The van der Waals surface area contributed by atoms with Gasteiger partial charge in [0.1, 0.15) is 5.82 Å². The van der Waals surface area contributed by atoms with Crippen molar-refractivity contribution < 1.29 is 18.7 Å². The molecule has 1 aliphatic rings. The summed E-state index contributed by atoms with van der Waals surface area (Å²) in [6.07, 6.45) is 2.48. The second-order valence-corrected chi connectivity index (χ2v) is 6.88. The predicted molar refractivity (Wildman–Crippen MR) is 99.6 cm³/mol. The lowest BCUT2D eigenvalue weighted by molar-refractivity contribution is 0.0856. The van der Waals surface area contributed by atoms with Crippen LogP contribution in [0.3, 0.4) is 0 Å². The maximum Gasteiger partial charge on any atom is 0.409 e. The first-order chi connectivity index (χ1) is 13.5. The van der Waals surface area contributed by atoms with Crippen LogP contribution in [-0.4, -0.2) is 57.6 Å². The van der Waals surface area contributed by atoms with E-state index in [9.17, 15) is 14.0 Å². The molecule has 0 bridgehead atoms. The van der Waals surface area contributed by atoms with E-state index in [-0.39, 0.29) is 35.3 Å². The van der Waals surface area contributed by atoms with E-state index in [1.54, 1.807) is 17.9 Å². The van der Waals surface area contributed by atoms with Crippen LogP contribution in [0.4, 0.5) is 9.18 Å². The molecule has 0 aliphatic carbocycles. The van der Waals surface area contributed by atoms with E-state index < -0.39 is 5.82 Å². The molecule has 28 heavy (non-hydrogen) atoms. The van der Waals surface area contributed by atoms with Crippen LogP contribution in [-0.2, 0) is 11.3 Å². The molecule has 0 saturated carbocycles. The van der Waals surface area contributed by atoms with Crippen molar-refractivity contribution in [3.8, 4) is 0 Å². The molecule has 1 aliphatic heterocycles. The van der Waals surface area contributed by atoms with Gasteiger partial charge in [-0.05, 0) is 37.5 Å². The number of hydrogen-bond donors (Lipinski definition) is 1. The number of halogens is 2. The third kappa shape index (κ3) is 4.98. The molecule has 1 aromatic heterocycles. The van der Waals surface area contributed by atoms with E-state index in [4.69, 9.17) is 16.3 Å². The molecule has 1 saturated heterocycles. The third-order valence-electron chi connectivity index (χ3n) is 4.47. The molecule has 1 fully saturated rings. The van der Waals surface area contributed by atoms with Crippen molar-refractivity contribution in [3.63, 3.8) is 0 Å². The minimum absolute atomic E-state index is 0.0464. The highest BCUT2D eigenvalue weighted by Crippen LogP contribution is 2.18. The predicted octanol–water partition coefficient (Wildman–Crippen LogP) is 2.47.